The number of amides is 1. The monoisotopic (exact) mass is 381 g/mol. The molecule has 3 atom stereocenters. The van der Waals surface area contributed by atoms with E-state index in [9.17, 15) is 9.90 Å². The molecule has 1 aromatic heterocycles. The normalized spacial score (nSPS) is 33.6. The van der Waals surface area contributed by atoms with Crippen molar-refractivity contribution in [1.82, 2.24) is 24.9 Å². The quantitative estimate of drug-likeness (QED) is 0.773. The average molecular weight is 381 g/mol. The maximum absolute atomic E-state index is 13.2. The van der Waals surface area contributed by atoms with Crippen molar-refractivity contribution in [2.75, 3.05) is 45.9 Å². The van der Waals surface area contributed by atoms with Crippen LogP contribution in [0.25, 0.3) is 0 Å². The first-order chi connectivity index (χ1) is 13.7. The van der Waals surface area contributed by atoms with Crippen LogP contribution in [-0.4, -0.2) is 82.5 Å². The Morgan fingerprint density at radius 2 is 1.86 bits per heavy atom. The average Bonchev–Trinajstić information content (AvgIpc) is 3.02. The highest BCUT2D eigenvalue weighted by molar-refractivity contribution is 5.92. The number of benzene rings is 1. The molecular weight excluding hydrogens is 354 g/mol. The van der Waals surface area contributed by atoms with Gasteiger partial charge < -0.3 is 20.2 Å². The highest BCUT2D eigenvalue weighted by Gasteiger charge is 2.55. The van der Waals surface area contributed by atoms with Crippen LogP contribution >= 0.6 is 0 Å². The molecule has 7 nitrogen and oxygen atoms in total. The molecule has 4 bridgehead atoms. The van der Waals surface area contributed by atoms with Crippen LogP contribution in [0.5, 0.6) is 0 Å². The van der Waals surface area contributed by atoms with Gasteiger partial charge in [-0.25, -0.2) is 0 Å². The van der Waals surface area contributed by atoms with Crippen LogP contribution in [-0.2, 0) is 12.0 Å². The summed E-state index contributed by atoms with van der Waals surface area (Å²) in [5.74, 6) is 0.311. The van der Waals surface area contributed by atoms with Gasteiger partial charge in [0.15, 0.2) is 0 Å². The number of fused-ring (bicyclic) bond motifs is 1. The predicted molar refractivity (Wildman–Crippen MR) is 105 cm³/mol. The number of carbonyl (C=O) groups excluding carboxylic acids is 1. The van der Waals surface area contributed by atoms with Crippen LogP contribution < -0.4 is 5.32 Å². The SMILES string of the molecule is O=C(N[C@H]1C2CN3CCN(C2)CC1(c1ccccc1)C3)c1ccnn1CCO. The fourth-order valence-electron chi connectivity index (χ4n) is 5.58. The zero-order valence-corrected chi connectivity index (χ0v) is 16.0. The summed E-state index contributed by atoms with van der Waals surface area (Å²) in [5.41, 5.74) is 1.73. The van der Waals surface area contributed by atoms with E-state index in [1.807, 2.05) is 0 Å². The molecular formula is C21H27N5O2. The molecule has 4 saturated heterocycles. The van der Waals surface area contributed by atoms with Crippen molar-refractivity contribution < 1.29 is 9.90 Å². The van der Waals surface area contributed by atoms with Crippen LogP contribution in [0.2, 0.25) is 0 Å². The van der Waals surface area contributed by atoms with E-state index in [1.165, 1.54) is 5.56 Å². The molecule has 4 aliphatic rings. The lowest BCUT2D eigenvalue weighted by Crippen LogP contribution is -2.70. The van der Waals surface area contributed by atoms with E-state index in [-0.39, 0.29) is 24.0 Å². The number of aromatic nitrogens is 2. The summed E-state index contributed by atoms with van der Waals surface area (Å²) in [6.07, 6.45) is 1.62. The third-order valence-corrected chi connectivity index (χ3v) is 6.69. The first-order valence-corrected chi connectivity index (χ1v) is 10.1. The summed E-state index contributed by atoms with van der Waals surface area (Å²) in [4.78, 5) is 18.3. The number of nitrogens with one attached hydrogen (secondary N) is 1. The Bertz CT molecular complexity index is 835. The summed E-state index contributed by atoms with van der Waals surface area (Å²) in [6, 6.07) is 12.5. The van der Waals surface area contributed by atoms with Crippen LogP contribution in [0.15, 0.2) is 42.6 Å². The number of carbonyl (C=O) groups is 1. The van der Waals surface area contributed by atoms with Crippen molar-refractivity contribution in [2.24, 2.45) is 5.92 Å². The molecule has 4 fully saturated rings. The van der Waals surface area contributed by atoms with E-state index in [2.05, 4.69) is 50.5 Å². The molecule has 1 amide bonds. The molecule has 0 spiro atoms. The first kappa shape index (κ1) is 17.8. The summed E-state index contributed by atoms with van der Waals surface area (Å²) in [5, 5.41) is 16.8. The lowest BCUT2D eigenvalue weighted by Gasteiger charge is -2.55. The fourth-order valence-corrected chi connectivity index (χ4v) is 5.58. The van der Waals surface area contributed by atoms with Gasteiger partial charge in [0.25, 0.3) is 5.91 Å². The Morgan fingerprint density at radius 3 is 2.54 bits per heavy atom. The van der Waals surface area contributed by atoms with E-state index in [1.54, 1.807) is 16.9 Å². The standard InChI is InChI=1S/C21H27N5O2/c27-11-10-26-18(6-7-22-26)20(28)23-19-16-12-24-8-9-25(13-16)15-21(19,14-24)17-4-2-1-3-5-17/h1-7,16,19,27H,8-15H2,(H,23,28)/t16?,19-,21?/m0/s1. The number of hydrogen-bond donors (Lipinski definition) is 2. The van der Waals surface area contributed by atoms with E-state index < -0.39 is 0 Å². The predicted octanol–water partition coefficient (Wildman–Crippen LogP) is 0.173. The minimum absolute atomic E-state index is 0.0358. The Balaban J connectivity index is 1.50. The number of aliphatic hydroxyl groups is 1. The van der Waals surface area contributed by atoms with Crippen molar-refractivity contribution in [3.8, 4) is 0 Å². The van der Waals surface area contributed by atoms with Crippen molar-refractivity contribution in [3.05, 3.63) is 53.9 Å². The molecule has 2 N–H and O–H groups in total. The van der Waals surface area contributed by atoms with Crippen molar-refractivity contribution in [2.45, 2.75) is 18.0 Å². The molecule has 6 rings (SSSR count). The van der Waals surface area contributed by atoms with Gasteiger partial charge in [-0.3, -0.25) is 9.48 Å². The highest BCUT2D eigenvalue weighted by Crippen LogP contribution is 2.43. The number of hydrogen-bond acceptors (Lipinski definition) is 5. The maximum atomic E-state index is 13.2. The first-order valence-electron chi connectivity index (χ1n) is 10.1. The van der Waals surface area contributed by atoms with Gasteiger partial charge in [-0.05, 0) is 11.6 Å². The second kappa shape index (κ2) is 6.99. The Labute approximate surface area is 164 Å². The van der Waals surface area contributed by atoms with Gasteiger partial charge in [0.1, 0.15) is 5.69 Å². The van der Waals surface area contributed by atoms with Gasteiger partial charge in [0.2, 0.25) is 0 Å². The second-order valence-electron chi connectivity index (χ2n) is 8.37. The molecule has 28 heavy (non-hydrogen) atoms. The summed E-state index contributed by atoms with van der Waals surface area (Å²) in [7, 11) is 0. The molecule has 2 aromatic rings. The number of rotatable bonds is 5. The van der Waals surface area contributed by atoms with E-state index in [4.69, 9.17) is 0 Å². The largest absolute Gasteiger partial charge is 0.394 e. The molecule has 4 aliphatic heterocycles. The van der Waals surface area contributed by atoms with E-state index in [0.29, 0.717) is 18.2 Å². The smallest absolute Gasteiger partial charge is 0.269 e. The van der Waals surface area contributed by atoms with E-state index >= 15 is 0 Å². The second-order valence-corrected chi connectivity index (χ2v) is 8.37. The topological polar surface area (TPSA) is 73.6 Å². The molecule has 7 heteroatoms. The molecule has 2 unspecified atom stereocenters. The van der Waals surface area contributed by atoms with Gasteiger partial charge in [0, 0.05) is 62.8 Å². The fraction of sp³-hybridized carbons (Fsp3) is 0.524. The lowest BCUT2D eigenvalue weighted by atomic mass is 9.64. The molecule has 0 saturated carbocycles. The maximum Gasteiger partial charge on any atom is 0.269 e. The number of nitrogens with zero attached hydrogens (tertiary/aromatic N) is 4. The van der Waals surface area contributed by atoms with Gasteiger partial charge in [-0.15, -0.1) is 0 Å². The minimum atomic E-state index is -0.101. The molecule has 1 aromatic carbocycles. The Morgan fingerprint density at radius 1 is 1.14 bits per heavy atom. The Hall–Kier alpha value is -2.22. The minimum Gasteiger partial charge on any atom is -0.394 e. The lowest BCUT2D eigenvalue weighted by molar-refractivity contribution is 0.0178. The molecule has 5 heterocycles. The third-order valence-electron chi connectivity index (χ3n) is 6.69. The molecule has 148 valence electrons. The zero-order chi connectivity index (χ0) is 19.1. The summed E-state index contributed by atoms with van der Waals surface area (Å²) < 4.78 is 1.58. The van der Waals surface area contributed by atoms with Crippen molar-refractivity contribution >= 4 is 5.91 Å². The van der Waals surface area contributed by atoms with Crippen molar-refractivity contribution in [1.29, 1.82) is 0 Å². The third kappa shape index (κ3) is 2.85. The van der Waals surface area contributed by atoms with Gasteiger partial charge in [-0.2, -0.15) is 5.10 Å². The summed E-state index contributed by atoms with van der Waals surface area (Å²) in [6.45, 7) is 6.53. The molecule has 0 aliphatic carbocycles. The zero-order valence-electron chi connectivity index (χ0n) is 16.0. The highest BCUT2D eigenvalue weighted by atomic mass is 16.3. The van der Waals surface area contributed by atoms with E-state index in [0.717, 1.165) is 39.3 Å². The number of aliphatic hydroxyl groups excluding tert-OH is 1. The number of piperidine rings is 2. The van der Waals surface area contributed by atoms with Crippen LogP contribution in [0, 0.1) is 5.92 Å². The molecule has 0 radical (unpaired) electrons. The van der Waals surface area contributed by atoms with Crippen LogP contribution in [0.1, 0.15) is 16.1 Å². The van der Waals surface area contributed by atoms with Gasteiger partial charge in [0.05, 0.1) is 13.2 Å². The van der Waals surface area contributed by atoms with Gasteiger partial charge >= 0.3 is 0 Å². The Kier molecular flexibility index (Phi) is 4.45. The van der Waals surface area contributed by atoms with Gasteiger partial charge in [-0.1, -0.05) is 30.3 Å². The van der Waals surface area contributed by atoms with Crippen molar-refractivity contribution in [3.63, 3.8) is 0 Å². The van der Waals surface area contributed by atoms with Crippen LogP contribution in [0.3, 0.4) is 0 Å². The van der Waals surface area contributed by atoms with Crippen LogP contribution in [0.4, 0.5) is 0 Å². The summed E-state index contributed by atoms with van der Waals surface area (Å²) >= 11 is 0.